The van der Waals surface area contributed by atoms with Gasteiger partial charge in [0.15, 0.2) is 0 Å². The summed E-state index contributed by atoms with van der Waals surface area (Å²) in [5, 5.41) is 3.40. The molecule has 1 aromatic rings. The first-order chi connectivity index (χ1) is 9.58. The van der Waals surface area contributed by atoms with Crippen molar-refractivity contribution in [1.82, 2.24) is 4.90 Å². The molecule has 0 spiro atoms. The minimum atomic E-state index is 0.211. The molecule has 1 aliphatic rings. The van der Waals surface area contributed by atoms with Crippen LogP contribution in [0.25, 0.3) is 0 Å². The van der Waals surface area contributed by atoms with Crippen molar-refractivity contribution in [3.63, 3.8) is 0 Å². The largest absolute Gasteiger partial charge is 0.384 e. The van der Waals surface area contributed by atoms with Gasteiger partial charge in [-0.05, 0) is 31.9 Å². The van der Waals surface area contributed by atoms with Crippen molar-refractivity contribution < 1.29 is 9.53 Å². The molecule has 4 heteroatoms. The molecule has 1 N–H and O–H groups in total. The first-order valence-electron chi connectivity index (χ1n) is 7.25. The molecule has 0 aromatic heterocycles. The van der Waals surface area contributed by atoms with E-state index in [1.807, 2.05) is 4.90 Å². The van der Waals surface area contributed by atoms with E-state index in [1.165, 1.54) is 16.7 Å². The Labute approximate surface area is 121 Å². The van der Waals surface area contributed by atoms with E-state index >= 15 is 0 Å². The molecule has 0 aliphatic carbocycles. The number of amides is 1. The van der Waals surface area contributed by atoms with Gasteiger partial charge < -0.3 is 15.0 Å². The van der Waals surface area contributed by atoms with Gasteiger partial charge >= 0.3 is 0 Å². The van der Waals surface area contributed by atoms with Crippen molar-refractivity contribution in [1.29, 1.82) is 0 Å². The topological polar surface area (TPSA) is 41.6 Å². The standard InChI is InChI=1S/C16H24N2O2/c1-12-10-13(2)16(14(3)11-12)17-5-4-15(19)18-6-8-20-9-7-18/h10-11,17H,4-9H2,1-3H3. The van der Waals surface area contributed by atoms with E-state index < -0.39 is 0 Å². The number of nitrogens with one attached hydrogen (secondary N) is 1. The maximum atomic E-state index is 12.0. The molecule has 1 aromatic carbocycles. The molecule has 0 saturated carbocycles. The molecule has 1 amide bonds. The average molecular weight is 276 g/mol. The van der Waals surface area contributed by atoms with Crippen LogP contribution < -0.4 is 5.32 Å². The molecule has 110 valence electrons. The third-order valence-electron chi connectivity index (χ3n) is 3.68. The lowest BCUT2D eigenvalue weighted by Gasteiger charge is -2.27. The molecule has 0 bridgehead atoms. The highest BCUT2D eigenvalue weighted by Crippen LogP contribution is 2.21. The molecule has 0 radical (unpaired) electrons. The van der Waals surface area contributed by atoms with Crippen LogP contribution in [0.15, 0.2) is 12.1 Å². The number of nitrogens with zero attached hydrogens (tertiary/aromatic N) is 1. The number of rotatable bonds is 4. The minimum Gasteiger partial charge on any atom is -0.384 e. The normalized spacial score (nSPS) is 15.2. The van der Waals surface area contributed by atoms with Gasteiger partial charge in [-0.3, -0.25) is 4.79 Å². The van der Waals surface area contributed by atoms with Gasteiger partial charge in [0.1, 0.15) is 0 Å². The predicted molar refractivity (Wildman–Crippen MR) is 81.2 cm³/mol. The fourth-order valence-corrected chi connectivity index (χ4v) is 2.72. The van der Waals surface area contributed by atoms with Gasteiger partial charge in [-0.2, -0.15) is 0 Å². The molecular weight excluding hydrogens is 252 g/mol. The number of carbonyl (C=O) groups is 1. The van der Waals surface area contributed by atoms with Gasteiger partial charge in [0, 0.05) is 31.7 Å². The first kappa shape index (κ1) is 14.9. The second-order valence-corrected chi connectivity index (χ2v) is 5.44. The summed E-state index contributed by atoms with van der Waals surface area (Å²) in [5.74, 6) is 0.211. The first-order valence-corrected chi connectivity index (χ1v) is 7.25. The van der Waals surface area contributed by atoms with Gasteiger partial charge in [-0.15, -0.1) is 0 Å². The summed E-state index contributed by atoms with van der Waals surface area (Å²) < 4.78 is 5.26. The Hall–Kier alpha value is -1.55. The summed E-state index contributed by atoms with van der Waals surface area (Å²) in [5.41, 5.74) is 4.91. The SMILES string of the molecule is Cc1cc(C)c(NCCC(=O)N2CCOCC2)c(C)c1. The van der Waals surface area contributed by atoms with Crippen molar-refractivity contribution in [3.05, 3.63) is 28.8 Å². The molecule has 0 atom stereocenters. The van der Waals surface area contributed by atoms with Crippen LogP contribution in [0.1, 0.15) is 23.1 Å². The lowest BCUT2D eigenvalue weighted by molar-refractivity contribution is -0.134. The number of carbonyl (C=O) groups excluding carboxylic acids is 1. The van der Waals surface area contributed by atoms with Gasteiger partial charge in [-0.25, -0.2) is 0 Å². The monoisotopic (exact) mass is 276 g/mol. The van der Waals surface area contributed by atoms with E-state index in [0.29, 0.717) is 26.2 Å². The Kier molecular flexibility index (Phi) is 5.01. The number of hydrogen-bond acceptors (Lipinski definition) is 3. The van der Waals surface area contributed by atoms with Gasteiger partial charge in [0.2, 0.25) is 5.91 Å². The highest BCUT2D eigenvalue weighted by molar-refractivity contribution is 5.77. The summed E-state index contributed by atoms with van der Waals surface area (Å²) in [6, 6.07) is 4.33. The van der Waals surface area contributed by atoms with Crippen LogP contribution in [0.2, 0.25) is 0 Å². The van der Waals surface area contributed by atoms with Crippen molar-refractivity contribution in [2.24, 2.45) is 0 Å². The Morgan fingerprint density at radius 1 is 1.20 bits per heavy atom. The maximum Gasteiger partial charge on any atom is 0.224 e. The van der Waals surface area contributed by atoms with E-state index in [-0.39, 0.29) is 5.91 Å². The average Bonchev–Trinajstić information content (AvgIpc) is 2.42. The van der Waals surface area contributed by atoms with Crippen molar-refractivity contribution in [2.75, 3.05) is 38.2 Å². The van der Waals surface area contributed by atoms with Crippen molar-refractivity contribution >= 4 is 11.6 Å². The van der Waals surface area contributed by atoms with E-state index in [4.69, 9.17) is 4.74 Å². The van der Waals surface area contributed by atoms with E-state index in [2.05, 4.69) is 38.2 Å². The molecule has 2 rings (SSSR count). The fourth-order valence-electron chi connectivity index (χ4n) is 2.72. The van der Waals surface area contributed by atoms with Crippen molar-refractivity contribution in [2.45, 2.75) is 27.2 Å². The lowest BCUT2D eigenvalue weighted by atomic mass is 10.1. The molecule has 1 saturated heterocycles. The van der Waals surface area contributed by atoms with Gasteiger partial charge in [-0.1, -0.05) is 17.7 Å². The van der Waals surface area contributed by atoms with Gasteiger partial charge in [0.25, 0.3) is 0 Å². The smallest absolute Gasteiger partial charge is 0.224 e. The molecule has 1 fully saturated rings. The molecular formula is C16H24N2O2. The molecule has 0 unspecified atom stereocenters. The number of ether oxygens (including phenoxy) is 1. The third-order valence-corrected chi connectivity index (χ3v) is 3.68. The molecule has 1 heterocycles. The highest BCUT2D eigenvalue weighted by atomic mass is 16.5. The van der Waals surface area contributed by atoms with Crippen LogP contribution in [-0.4, -0.2) is 43.7 Å². The second-order valence-electron chi connectivity index (χ2n) is 5.44. The van der Waals surface area contributed by atoms with Crippen LogP contribution in [0.3, 0.4) is 0 Å². The van der Waals surface area contributed by atoms with Crippen LogP contribution in [0.4, 0.5) is 5.69 Å². The Bertz CT molecular complexity index is 456. The number of morpholine rings is 1. The number of benzene rings is 1. The zero-order valence-corrected chi connectivity index (χ0v) is 12.7. The maximum absolute atomic E-state index is 12.0. The minimum absolute atomic E-state index is 0.211. The highest BCUT2D eigenvalue weighted by Gasteiger charge is 2.16. The van der Waals surface area contributed by atoms with Crippen LogP contribution >= 0.6 is 0 Å². The van der Waals surface area contributed by atoms with E-state index in [0.717, 1.165) is 18.8 Å². The van der Waals surface area contributed by atoms with E-state index in [9.17, 15) is 4.79 Å². The lowest BCUT2D eigenvalue weighted by Crippen LogP contribution is -2.41. The summed E-state index contributed by atoms with van der Waals surface area (Å²) in [6.07, 6.45) is 0.534. The molecule has 4 nitrogen and oxygen atoms in total. The Morgan fingerprint density at radius 3 is 2.40 bits per heavy atom. The van der Waals surface area contributed by atoms with Crippen molar-refractivity contribution in [3.8, 4) is 0 Å². The summed E-state index contributed by atoms with van der Waals surface area (Å²) in [7, 11) is 0. The summed E-state index contributed by atoms with van der Waals surface area (Å²) in [6.45, 7) is 9.76. The Balaban J connectivity index is 1.85. The zero-order chi connectivity index (χ0) is 14.5. The quantitative estimate of drug-likeness (QED) is 0.917. The van der Waals surface area contributed by atoms with Gasteiger partial charge in [0.05, 0.1) is 13.2 Å². The number of anilines is 1. The molecule has 20 heavy (non-hydrogen) atoms. The van der Waals surface area contributed by atoms with E-state index in [1.54, 1.807) is 0 Å². The third kappa shape index (κ3) is 3.73. The molecule has 1 aliphatic heterocycles. The Morgan fingerprint density at radius 2 is 1.80 bits per heavy atom. The second kappa shape index (κ2) is 6.75. The number of hydrogen-bond donors (Lipinski definition) is 1. The fraction of sp³-hybridized carbons (Fsp3) is 0.562. The van der Waals surface area contributed by atoms with Crippen LogP contribution in [0, 0.1) is 20.8 Å². The van der Waals surface area contributed by atoms with Crippen LogP contribution in [0.5, 0.6) is 0 Å². The van der Waals surface area contributed by atoms with Crippen LogP contribution in [-0.2, 0) is 9.53 Å². The predicted octanol–water partition coefficient (Wildman–Crippen LogP) is 2.27. The zero-order valence-electron chi connectivity index (χ0n) is 12.7. The number of aryl methyl sites for hydroxylation is 3. The summed E-state index contributed by atoms with van der Waals surface area (Å²) in [4.78, 5) is 13.9. The summed E-state index contributed by atoms with van der Waals surface area (Å²) >= 11 is 0.